The van der Waals surface area contributed by atoms with Crippen molar-refractivity contribution in [2.45, 2.75) is 13.8 Å². The van der Waals surface area contributed by atoms with Crippen molar-refractivity contribution in [3.05, 3.63) is 52.8 Å². The lowest BCUT2D eigenvalue weighted by Gasteiger charge is -2.20. The fourth-order valence-corrected chi connectivity index (χ4v) is 4.08. The molecule has 0 unspecified atom stereocenters. The van der Waals surface area contributed by atoms with Gasteiger partial charge in [0.1, 0.15) is 10.8 Å². The summed E-state index contributed by atoms with van der Waals surface area (Å²) in [5, 5.41) is 16.1. The molecule has 0 spiro atoms. The summed E-state index contributed by atoms with van der Waals surface area (Å²) < 4.78 is 7.08. The van der Waals surface area contributed by atoms with Gasteiger partial charge in [0.05, 0.1) is 17.7 Å². The molecule has 1 amide bonds. The number of rotatable bonds is 4. The number of fused-ring (bicyclic) bond motifs is 1. The Morgan fingerprint density at radius 1 is 1.31 bits per heavy atom. The second-order valence-corrected chi connectivity index (χ2v) is 8.13. The molecule has 3 heterocycles. The van der Waals surface area contributed by atoms with Gasteiger partial charge in [-0.2, -0.15) is 15.1 Å². The number of halogens is 1. The molecule has 0 radical (unpaired) electrons. The summed E-state index contributed by atoms with van der Waals surface area (Å²) >= 11 is 7.58. The first-order valence-corrected chi connectivity index (χ1v) is 10.1. The first-order chi connectivity index (χ1) is 13.9. The Hall–Kier alpha value is -2.84. The predicted octanol–water partition coefficient (Wildman–Crippen LogP) is 4.41. The molecule has 0 fully saturated rings. The van der Waals surface area contributed by atoms with E-state index in [9.17, 15) is 4.79 Å². The van der Waals surface area contributed by atoms with Gasteiger partial charge in [0.15, 0.2) is 5.84 Å². The summed E-state index contributed by atoms with van der Waals surface area (Å²) in [6.07, 6.45) is 3.51. The predicted molar refractivity (Wildman–Crippen MR) is 117 cm³/mol. The third-order valence-corrected chi connectivity index (χ3v) is 5.95. The fourth-order valence-electron chi connectivity index (χ4n) is 2.94. The second-order valence-electron chi connectivity index (χ2n) is 6.73. The normalized spacial score (nSPS) is 17.7. The van der Waals surface area contributed by atoms with Gasteiger partial charge in [0.25, 0.3) is 5.91 Å². The van der Waals surface area contributed by atoms with Crippen LogP contribution in [0.15, 0.2) is 52.2 Å². The molecule has 1 N–H and O–H groups in total. The Morgan fingerprint density at radius 2 is 2.10 bits per heavy atom. The molecule has 29 heavy (non-hydrogen) atoms. The number of ether oxygens (including phenoxy) is 1. The third-order valence-electron chi connectivity index (χ3n) is 4.45. The summed E-state index contributed by atoms with van der Waals surface area (Å²) in [6.45, 7) is 4.03. The number of carbonyl (C=O) groups excluding carboxylic acids is 1. The highest BCUT2D eigenvalue weighted by atomic mass is 35.5. The lowest BCUT2D eigenvalue weighted by atomic mass is 10.1. The van der Waals surface area contributed by atoms with Crippen LogP contribution in [0.5, 0.6) is 5.75 Å². The zero-order valence-electron chi connectivity index (χ0n) is 16.0. The molecule has 0 saturated carbocycles. The van der Waals surface area contributed by atoms with Crippen LogP contribution in [0, 0.1) is 11.3 Å². The Labute approximate surface area is 177 Å². The van der Waals surface area contributed by atoms with Gasteiger partial charge in [-0.15, -0.1) is 0 Å². The van der Waals surface area contributed by atoms with E-state index in [0.717, 1.165) is 16.4 Å². The van der Waals surface area contributed by atoms with E-state index in [1.807, 2.05) is 42.8 Å². The molecule has 148 valence electrons. The molecule has 0 bridgehead atoms. The van der Waals surface area contributed by atoms with Crippen LogP contribution in [-0.4, -0.2) is 38.6 Å². The SMILES string of the molecule is COc1ccc(-n2cccc2/C=C2\C(=N)N3N=C(C(C)C)SC3=NC2=O)cc1Cl. The Balaban J connectivity index is 1.71. The van der Waals surface area contributed by atoms with Crippen LogP contribution in [0.25, 0.3) is 11.8 Å². The molecule has 1 aromatic carbocycles. The van der Waals surface area contributed by atoms with Crippen molar-refractivity contribution >= 4 is 51.4 Å². The van der Waals surface area contributed by atoms with Gasteiger partial charge in [0, 0.05) is 23.5 Å². The maximum absolute atomic E-state index is 12.6. The van der Waals surface area contributed by atoms with Crippen molar-refractivity contribution in [3.63, 3.8) is 0 Å². The molecule has 0 aliphatic carbocycles. The summed E-state index contributed by atoms with van der Waals surface area (Å²) in [7, 11) is 1.56. The molecule has 1 aromatic heterocycles. The molecule has 2 aromatic rings. The number of benzene rings is 1. The highest BCUT2D eigenvalue weighted by Gasteiger charge is 2.36. The minimum absolute atomic E-state index is 0.0173. The van der Waals surface area contributed by atoms with Crippen molar-refractivity contribution < 1.29 is 9.53 Å². The molecule has 0 atom stereocenters. The lowest BCUT2D eigenvalue weighted by molar-refractivity contribution is -0.114. The number of hydrogen-bond donors (Lipinski definition) is 1. The fraction of sp³-hybridized carbons (Fsp3) is 0.200. The lowest BCUT2D eigenvalue weighted by Crippen LogP contribution is -2.35. The standard InChI is InChI=1S/C20H18ClN5O2S/c1-11(2)19-24-26-17(22)14(18(27)23-20(26)29-19)9-12-5-4-8-25(12)13-6-7-16(28-3)15(21)10-13/h4-11,22H,1-3H3/b14-9+,22-17?. The van der Waals surface area contributed by atoms with Gasteiger partial charge in [-0.05, 0) is 48.2 Å². The maximum Gasteiger partial charge on any atom is 0.283 e. The van der Waals surface area contributed by atoms with E-state index >= 15 is 0 Å². The largest absolute Gasteiger partial charge is 0.495 e. The van der Waals surface area contributed by atoms with Crippen LogP contribution < -0.4 is 4.74 Å². The number of aliphatic imine (C=N–C) groups is 1. The number of thioether (sulfide) groups is 1. The van der Waals surface area contributed by atoms with Crippen LogP contribution >= 0.6 is 23.4 Å². The van der Waals surface area contributed by atoms with E-state index in [0.29, 0.717) is 15.9 Å². The molecule has 9 heteroatoms. The number of hydrogen-bond acceptors (Lipinski definition) is 5. The summed E-state index contributed by atoms with van der Waals surface area (Å²) in [4.78, 5) is 16.7. The van der Waals surface area contributed by atoms with Gasteiger partial charge >= 0.3 is 0 Å². The van der Waals surface area contributed by atoms with E-state index in [-0.39, 0.29) is 17.3 Å². The average Bonchev–Trinajstić information content (AvgIpc) is 3.32. The van der Waals surface area contributed by atoms with Crippen molar-refractivity contribution in [2.75, 3.05) is 7.11 Å². The van der Waals surface area contributed by atoms with E-state index in [1.165, 1.54) is 16.8 Å². The smallest absolute Gasteiger partial charge is 0.283 e. The number of amides is 1. The molecule has 0 saturated heterocycles. The van der Waals surface area contributed by atoms with Crippen molar-refractivity contribution in [1.82, 2.24) is 9.58 Å². The first kappa shape index (κ1) is 19.5. The second kappa shape index (κ2) is 7.53. The number of amidine groups is 2. The minimum atomic E-state index is -0.450. The average molecular weight is 428 g/mol. The number of aromatic nitrogens is 1. The molecule has 4 rings (SSSR count). The topological polar surface area (TPSA) is 83.0 Å². The maximum atomic E-state index is 12.6. The van der Waals surface area contributed by atoms with Crippen molar-refractivity contribution in [1.29, 1.82) is 5.41 Å². The zero-order chi connectivity index (χ0) is 20.7. The molecular weight excluding hydrogens is 410 g/mol. The Bertz CT molecular complexity index is 1120. The van der Waals surface area contributed by atoms with E-state index < -0.39 is 5.91 Å². The highest BCUT2D eigenvalue weighted by Crippen LogP contribution is 2.31. The molecule has 2 aliphatic heterocycles. The van der Waals surface area contributed by atoms with Crippen LogP contribution in [-0.2, 0) is 4.79 Å². The van der Waals surface area contributed by atoms with E-state index in [1.54, 1.807) is 25.3 Å². The van der Waals surface area contributed by atoms with Gasteiger partial charge in [-0.1, -0.05) is 25.4 Å². The molecule has 7 nitrogen and oxygen atoms in total. The summed E-state index contributed by atoms with van der Waals surface area (Å²) in [6, 6.07) is 9.14. The van der Waals surface area contributed by atoms with Crippen LogP contribution in [0.3, 0.4) is 0 Å². The van der Waals surface area contributed by atoms with Gasteiger partial charge in [-0.25, -0.2) is 0 Å². The van der Waals surface area contributed by atoms with E-state index in [2.05, 4.69) is 10.1 Å². The van der Waals surface area contributed by atoms with Crippen molar-refractivity contribution in [3.8, 4) is 11.4 Å². The quantitative estimate of drug-likeness (QED) is 0.732. The highest BCUT2D eigenvalue weighted by molar-refractivity contribution is 8.27. The van der Waals surface area contributed by atoms with Crippen molar-refractivity contribution in [2.24, 2.45) is 16.0 Å². The van der Waals surface area contributed by atoms with Crippen LogP contribution in [0.2, 0.25) is 5.02 Å². The monoisotopic (exact) mass is 427 g/mol. The number of hydrazone groups is 1. The first-order valence-electron chi connectivity index (χ1n) is 8.90. The van der Waals surface area contributed by atoms with E-state index in [4.69, 9.17) is 21.7 Å². The summed E-state index contributed by atoms with van der Waals surface area (Å²) in [5.74, 6) is 0.345. The van der Waals surface area contributed by atoms with Gasteiger partial charge < -0.3 is 9.30 Å². The van der Waals surface area contributed by atoms with Crippen LogP contribution in [0.1, 0.15) is 19.5 Å². The number of nitrogens with zero attached hydrogens (tertiary/aromatic N) is 4. The van der Waals surface area contributed by atoms with Gasteiger partial charge in [0.2, 0.25) is 5.17 Å². The van der Waals surface area contributed by atoms with Gasteiger partial charge in [-0.3, -0.25) is 10.2 Å². The number of carbonyl (C=O) groups is 1. The van der Waals surface area contributed by atoms with Crippen LogP contribution in [0.4, 0.5) is 0 Å². The number of nitrogens with one attached hydrogen (secondary N) is 1. The minimum Gasteiger partial charge on any atom is -0.495 e. The third kappa shape index (κ3) is 3.49. The molecular formula is C20H18ClN5O2S. The molecule has 2 aliphatic rings. The number of methoxy groups -OCH3 is 1. The Morgan fingerprint density at radius 3 is 2.79 bits per heavy atom. The summed E-state index contributed by atoms with van der Waals surface area (Å²) in [5.41, 5.74) is 1.71. The zero-order valence-corrected chi connectivity index (χ0v) is 17.6. The Kier molecular flexibility index (Phi) is 5.06.